The van der Waals surface area contributed by atoms with Crippen LogP contribution in [-0.2, 0) is 12.0 Å². The van der Waals surface area contributed by atoms with E-state index in [0.717, 1.165) is 48.7 Å². The number of H-pyrrole nitrogens is 1. The van der Waals surface area contributed by atoms with Crippen LogP contribution in [0.2, 0.25) is 0 Å². The number of aryl methyl sites for hydroxylation is 1. The highest BCUT2D eigenvalue weighted by atomic mass is 16.3. The predicted molar refractivity (Wildman–Crippen MR) is 134 cm³/mol. The lowest BCUT2D eigenvalue weighted by atomic mass is 9.61. The largest absolute Gasteiger partial charge is 0.386 e. The fraction of sp³-hybridized carbons (Fsp3) is 0.407. The SMILES string of the molecule is CC[C@]1(CCc2n[nH]c(=O)c3ccccc23)C[C@H](NC(=O)c2cnc3cc(C(C)(C)O)ccn23)C1. The first-order valence-corrected chi connectivity index (χ1v) is 12.2. The number of hydrogen-bond donors (Lipinski definition) is 3. The highest BCUT2D eigenvalue weighted by Gasteiger charge is 2.43. The van der Waals surface area contributed by atoms with Crippen LogP contribution in [-0.4, -0.2) is 36.6 Å². The van der Waals surface area contributed by atoms with E-state index in [-0.39, 0.29) is 22.9 Å². The molecule has 1 aliphatic carbocycles. The molecule has 0 unspecified atom stereocenters. The van der Waals surface area contributed by atoms with Crippen molar-refractivity contribution in [3.8, 4) is 0 Å². The lowest BCUT2D eigenvalue weighted by molar-refractivity contribution is 0.0568. The second kappa shape index (κ2) is 8.61. The van der Waals surface area contributed by atoms with Gasteiger partial charge >= 0.3 is 0 Å². The van der Waals surface area contributed by atoms with Crippen LogP contribution in [0.25, 0.3) is 16.4 Å². The second-order valence-electron chi connectivity index (χ2n) is 10.3. The molecule has 0 aliphatic heterocycles. The zero-order valence-electron chi connectivity index (χ0n) is 20.3. The average molecular weight is 474 g/mol. The van der Waals surface area contributed by atoms with Gasteiger partial charge in [0.2, 0.25) is 0 Å². The number of pyridine rings is 1. The van der Waals surface area contributed by atoms with Gasteiger partial charge < -0.3 is 10.4 Å². The lowest BCUT2D eigenvalue weighted by Crippen LogP contribution is -2.51. The van der Waals surface area contributed by atoms with Crippen molar-refractivity contribution in [3.63, 3.8) is 0 Å². The molecular formula is C27H31N5O3. The van der Waals surface area contributed by atoms with E-state index in [1.54, 1.807) is 36.7 Å². The summed E-state index contributed by atoms with van der Waals surface area (Å²) in [7, 11) is 0. The Labute approximate surface area is 203 Å². The predicted octanol–water partition coefficient (Wildman–Crippen LogP) is 3.72. The molecule has 3 N–H and O–H groups in total. The molecule has 1 saturated carbocycles. The summed E-state index contributed by atoms with van der Waals surface area (Å²) in [4.78, 5) is 29.4. The van der Waals surface area contributed by atoms with Crippen molar-refractivity contribution in [3.05, 3.63) is 76.1 Å². The van der Waals surface area contributed by atoms with Crippen LogP contribution >= 0.6 is 0 Å². The van der Waals surface area contributed by atoms with Gasteiger partial charge in [0.15, 0.2) is 0 Å². The maximum Gasteiger partial charge on any atom is 0.272 e. The Morgan fingerprint density at radius 2 is 2.00 bits per heavy atom. The van der Waals surface area contributed by atoms with Gasteiger partial charge in [-0.1, -0.05) is 31.5 Å². The molecule has 4 aromatic rings. The van der Waals surface area contributed by atoms with Crippen LogP contribution in [0.4, 0.5) is 0 Å². The molecule has 8 nitrogen and oxygen atoms in total. The van der Waals surface area contributed by atoms with Crippen LogP contribution in [0.3, 0.4) is 0 Å². The Morgan fingerprint density at radius 1 is 1.26 bits per heavy atom. The number of fused-ring (bicyclic) bond motifs is 2. The number of carbonyl (C=O) groups is 1. The number of carbonyl (C=O) groups excluding carboxylic acids is 1. The van der Waals surface area contributed by atoms with E-state index in [9.17, 15) is 14.7 Å². The molecule has 3 heterocycles. The summed E-state index contributed by atoms with van der Waals surface area (Å²) >= 11 is 0. The molecule has 182 valence electrons. The Hall–Kier alpha value is -3.52. The number of nitrogens with zero attached hydrogens (tertiary/aromatic N) is 3. The summed E-state index contributed by atoms with van der Waals surface area (Å²) in [6, 6.07) is 11.3. The van der Waals surface area contributed by atoms with E-state index in [0.29, 0.717) is 16.7 Å². The Morgan fingerprint density at radius 3 is 2.71 bits per heavy atom. The van der Waals surface area contributed by atoms with E-state index < -0.39 is 5.60 Å². The van der Waals surface area contributed by atoms with E-state index >= 15 is 0 Å². The number of aromatic nitrogens is 4. The third-order valence-electron chi connectivity index (χ3n) is 7.56. The first-order valence-electron chi connectivity index (χ1n) is 12.2. The zero-order valence-corrected chi connectivity index (χ0v) is 20.3. The van der Waals surface area contributed by atoms with Gasteiger partial charge in [0.05, 0.1) is 22.9 Å². The van der Waals surface area contributed by atoms with Gasteiger partial charge in [-0.2, -0.15) is 5.10 Å². The average Bonchev–Trinajstić information content (AvgIpc) is 3.24. The molecule has 1 aliphatic rings. The highest BCUT2D eigenvalue weighted by Crippen LogP contribution is 2.47. The van der Waals surface area contributed by atoms with E-state index in [1.165, 1.54) is 0 Å². The lowest BCUT2D eigenvalue weighted by Gasteiger charge is -2.48. The van der Waals surface area contributed by atoms with Crippen LogP contribution in [0.5, 0.6) is 0 Å². The summed E-state index contributed by atoms with van der Waals surface area (Å²) in [5.41, 5.74) is 1.80. The minimum Gasteiger partial charge on any atom is -0.386 e. The monoisotopic (exact) mass is 473 g/mol. The van der Waals surface area contributed by atoms with Crippen molar-refractivity contribution in [2.24, 2.45) is 5.41 Å². The molecule has 0 spiro atoms. The Bertz CT molecular complexity index is 1460. The van der Waals surface area contributed by atoms with E-state index in [4.69, 9.17) is 0 Å². The third-order valence-corrected chi connectivity index (χ3v) is 7.56. The van der Waals surface area contributed by atoms with Gasteiger partial charge in [-0.25, -0.2) is 10.1 Å². The van der Waals surface area contributed by atoms with Crippen molar-refractivity contribution >= 4 is 22.3 Å². The number of rotatable bonds is 7. The molecule has 0 radical (unpaired) electrons. The van der Waals surface area contributed by atoms with Crippen molar-refractivity contribution in [1.82, 2.24) is 24.9 Å². The first-order chi connectivity index (χ1) is 16.7. The minimum absolute atomic E-state index is 0.115. The van der Waals surface area contributed by atoms with Crippen molar-refractivity contribution in [2.45, 2.75) is 64.5 Å². The molecule has 3 aromatic heterocycles. The van der Waals surface area contributed by atoms with Crippen LogP contribution in [0, 0.1) is 5.41 Å². The smallest absolute Gasteiger partial charge is 0.272 e. The standard InChI is InChI=1S/C27H31N5O3/c1-4-27(11-9-21-19-7-5-6-8-20(19)24(33)31-30-21)14-18(15-27)29-25(34)22-16-28-23-13-17(26(2,3)35)10-12-32(22)23/h5-8,10,12-13,16,18,35H,4,9,11,14-15H2,1-3H3,(H,29,34)(H,31,33)/t18-,27-. The van der Waals surface area contributed by atoms with E-state index in [2.05, 4.69) is 27.4 Å². The summed E-state index contributed by atoms with van der Waals surface area (Å²) in [5.74, 6) is -0.142. The first kappa shape index (κ1) is 23.2. The maximum atomic E-state index is 13.0. The maximum absolute atomic E-state index is 13.0. The summed E-state index contributed by atoms with van der Waals surface area (Å²) in [6.07, 6.45) is 7.94. The molecular weight excluding hydrogens is 442 g/mol. The van der Waals surface area contributed by atoms with Crippen LogP contribution in [0.15, 0.2) is 53.6 Å². The minimum atomic E-state index is -0.970. The number of imidazole rings is 1. The van der Waals surface area contributed by atoms with Gasteiger partial charge in [0.1, 0.15) is 11.3 Å². The van der Waals surface area contributed by atoms with Gasteiger partial charge in [-0.15, -0.1) is 0 Å². The fourth-order valence-corrected chi connectivity index (χ4v) is 5.29. The summed E-state index contributed by atoms with van der Waals surface area (Å²) in [5, 5.41) is 21.9. The number of aliphatic hydroxyl groups is 1. The number of benzene rings is 1. The number of nitrogens with one attached hydrogen (secondary N) is 2. The van der Waals surface area contributed by atoms with Gasteiger partial charge in [-0.3, -0.25) is 14.0 Å². The summed E-state index contributed by atoms with van der Waals surface area (Å²) in [6.45, 7) is 5.64. The summed E-state index contributed by atoms with van der Waals surface area (Å²) < 4.78 is 1.75. The Balaban J connectivity index is 1.24. The second-order valence-corrected chi connectivity index (χ2v) is 10.3. The van der Waals surface area contributed by atoms with Crippen molar-refractivity contribution in [1.29, 1.82) is 0 Å². The fourth-order valence-electron chi connectivity index (χ4n) is 5.29. The van der Waals surface area contributed by atoms with E-state index in [1.807, 2.05) is 30.3 Å². The topological polar surface area (TPSA) is 112 Å². The number of aromatic amines is 1. The van der Waals surface area contributed by atoms with Crippen LogP contribution < -0.4 is 10.9 Å². The van der Waals surface area contributed by atoms with Crippen molar-refractivity contribution in [2.75, 3.05) is 0 Å². The normalized spacial score (nSPS) is 20.2. The quantitative estimate of drug-likeness (QED) is 0.379. The molecule has 35 heavy (non-hydrogen) atoms. The number of hydrogen-bond acceptors (Lipinski definition) is 5. The molecule has 8 heteroatoms. The molecule has 0 bridgehead atoms. The third kappa shape index (κ3) is 4.34. The van der Waals surface area contributed by atoms with Gasteiger partial charge in [0.25, 0.3) is 11.5 Å². The molecule has 1 aromatic carbocycles. The molecule has 1 amide bonds. The Kier molecular flexibility index (Phi) is 5.71. The molecule has 0 atom stereocenters. The molecule has 0 saturated heterocycles. The van der Waals surface area contributed by atoms with Crippen LogP contribution in [0.1, 0.15) is 68.2 Å². The number of amides is 1. The van der Waals surface area contributed by atoms with Crippen molar-refractivity contribution < 1.29 is 9.90 Å². The molecule has 5 rings (SSSR count). The van der Waals surface area contributed by atoms with Gasteiger partial charge in [0, 0.05) is 17.6 Å². The van der Waals surface area contributed by atoms with Gasteiger partial charge in [-0.05, 0) is 68.7 Å². The highest BCUT2D eigenvalue weighted by molar-refractivity contribution is 5.93. The molecule has 1 fully saturated rings. The zero-order chi connectivity index (χ0) is 24.8.